The fraction of sp³-hybridized carbons (Fsp3) is 0. The van der Waals surface area contributed by atoms with Crippen molar-refractivity contribution >= 4 is 21.9 Å². The molecule has 0 amide bonds. The number of nitrogens with zero attached hydrogens (tertiary/aromatic N) is 2. The van der Waals surface area contributed by atoms with Crippen LogP contribution in [0.1, 0.15) is 0 Å². The van der Waals surface area contributed by atoms with Crippen LogP contribution >= 0.6 is 0 Å². The topological polar surface area (TPSA) is 57.4 Å². The predicted molar refractivity (Wildman–Crippen MR) is 70.0 cm³/mol. The predicted octanol–water partition coefficient (Wildman–Crippen LogP) is 2.91. The zero-order valence-electron chi connectivity index (χ0n) is 9.44. The Bertz CT molecular complexity index is 808. The van der Waals surface area contributed by atoms with Gasteiger partial charge in [-0.1, -0.05) is 24.3 Å². The van der Waals surface area contributed by atoms with Crippen LogP contribution in [0.2, 0.25) is 0 Å². The van der Waals surface area contributed by atoms with E-state index in [1.54, 1.807) is 0 Å². The summed E-state index contributed by atoms with van der Waals surface area (Å²) in [6.07, 6.45) is 2.97. The summed E-state index contributed by atoms with van der Waals surface area (Å²) in [6, 6.07) is 14.0. The summed E-state index contributed by atoms with van der Waals surface area (Å²) in [5.41, 5.74) is 3.98. The average molecular weight is 233 g/mol. The Morgan fingerprint density at radius 3 is 2.78 bits per heavy atom. The molecule has 0 aliphatic heterocycles. The number of fused-ring (bicyclic) bond motifs is 2. The van der Waals surface area contributed by atoms with Crippen LogP contribution in [-0.2, 0) is 0 Å². The molecule has 0 aliphatic rings. The molecule has 0 fully saturated rings. The van der Waals surface area contributed by atoms with Crippen LogP contribution in [0.25, 0.3) is 33.3 Å². The molecule has 18 heavy (non-hydrogen) atoms. The zero-order valence-corrected chi connectivity index (χ0v) is 9.44. The molecule has 2 heterocycles. The van der Waals surface area contributed by atoms with Crippen LogP contribution in [-0.4, -0.2) is 20.2 Å². The number of aromatic nitrogens is 4. The van der Waals surface area contributed by atoms with Crippen LogP contribution in [0, 0.1) is 6.20 Å². The molecule has 4 aromatic rings. The van der Waals surface area contributed by atoms with Crippen LogP contribution in [0.3, 0.4) is 0 Å². The SMILES string of the molecule is [c]1n[nH]c2cccc(-c3nc4ccccc4[nH]3)c12. The number of rotatable bonds is 1. The van der Waals surface area contributed by atoms with E-state index in [2.05, 4.69) is 26.4 Å². The molecule has 0 spiro atoms. The molecule has 4 heteroatoms. The molecule has 2 aromatic carbocycles. The Labute approximate surface area is 103 Å². The van der Waals surface area contributed by atoms with Gasteiger partial charge in [-0.05, 0) is 18.2 Å². The maximum Gasteiger partial charge on any atom is 0.139 e. The Hall–Kier alpha value is -2.62. The third-order valence-corrected chi connectivity index (χ3v) is 3.05. The number of hydrogen-bond acceptors (Lipinski definition) is 2. The molecule has 4 rings (SSSR count). The molecule has 4 nitrogen and oxygen atoms in total. The standard InChI is InChI=1S/C14H9N4/c1-2-6-13-12(5-1)16-14(17-13)9-4-3-7-11-10(9)8-15-18-11/h1-7H,(H,15,18)(H,16,17). The summed E-state index contributed by atoms with van der Waals surface area (Å²) < 4.78 is 0. The number of hydrogen-bond donors (Lipinski definition) is 2. The highest BCUT2D eigenvalue weighted by Gasteiger charge is 2.09. The van der Waals surface area contributed by atoms with Gasteiger partial charge in [0.05, 0.1) is 16.6 Å². The fourth-order valence-electron chi connectivity index (χ4n) is 2.19. The van der Waals surface area contributed by atoms with E-state index in [1.165, 1.54) is 0 Å². The van der Waals surface area contributed by atoms with Gasteiger partial charge in [-0.3, -0.25) is 5.10 Å². The largest absolute Gasteiger partial charge is 0.338 e. The van der Waals surface area contributed by atoms with Gasteiger partial charge in [0.1, 0.15) is 12.0 Å². The van der Waals surface area contributed by atoms with E-state index in [0.29, 0.717) is 0 Å². The van der Waals surface area contributed by atoms with Crippen molar-refractivity contribution in [1.82, 2.24) is 20.2 Å². The number of benzene rings is 2. The zero-order chi connectivity index (χ0) is 11.9. The van der Waals surface area contributed by atoms with Gasteiger partial charge in [-0.2, -0.15) is 5.10 Å². The van der Waals surface area contributed by atoms with E-state index in [1.807, 2.05) is 42.5 Å². The molecule has 0 bridgehead atoms. The number of imidazole rings is 1. The Morgan fingerprint density at radius 2 is 1.83 bits per heavy atom. The van der Waals surface area contributed by atoms with Crippen molar-refractivity contribution in [3.05, 3.63) is 48.7 Å². The quantitative estimate of drug-likeness (QED) is 0.531. The average Bonchev–Trinajstić information content (AvgIpc) is 3.04. The van der Waals surface area contributed by atoms with Gasteiger partial charge in [-0.25, -0.2) is 4.98 Å². The van der Waals surface area contributed by atoms with Crippen LogP contribution in [0.5, 0.6) is 0 Å². The molecular formula is C14H9N4. The summed E-state index contributed by atoms with van der Waals surface area (Å²) in [7, 11) is 0. The molecule has 85 valence electrons. The van der Waals surface area contributed by atoms with Gasteiger partial charge in [0.2, 0.25) is 0 Å². The Kier molecular flexibility index (Phi) is 1.80. The smallest absolute Gasteiger partial charge is 0.139 e. The van der Waals surface area contributed by atoms with Gasteiger partial charge >= 0.3 is 0 Å². The molecular weight excluding hydrogens is 224 g/mol. The second-order valence-corrected chi connectivity index (χ2v) is 4.17. The molecule has 1 radical (unpaired) electrons. The minimum absolute atomic E-state index is 0.847. The lowest BCUT2D eigenvalue weighted by Gasteiger charge is -1.97. The highest BCUT2D eigenvalue weighted by atomic mass is 15.1. The van der Waals surface area contributed by atoms with Crippen molar-refractivity contribution in [3.63, 3.8) is 0 Å². The normalized spacial score (nSPS) is 11.3. The third-order valence-electron chi connectivity index (χ3n) is 3.05. The van der Waals surface area contributed by atoms with Gasteiger partial charge in [0, 0.05) is 10.9 Å². The maximum atomic E-state index is 4.60. The molecule has 0 saturated heterocycles. The van der Waals surface area contributed by atoms with Gasteiger partial charge in [-0.15, -0.1) is 0 Å². The van der Waals surface area contributed by atoms with Gasteiger partial charge in [0.25, 0.3) is 0 Å². The van der Waals surface area contributed by atoms with E-state index in [9.17, 15) is 0 Å². The molecule has 0 saturated carbocycles. The first kappa shape index (κ1) is 9.41. The first-order valence-electron chi connectivity index (χ1n) is 5.72. The summed E-state index contributed by atoms with van der Waals surface area (Å²) in [4.78, 5) is 7.92. The van der Waals surface area contributed by atoms with Crippen LogP contribution in [0.15, 0.2) is 42.5 Å². The molecule has 0 atom stereocenters. The van der Waals surface area contributed by atoms with Crippen molar-refractivity contribution in [3.8, 4) is 11.4 Å². The van der Waals surface area contributed by atoms with E-state index >= 15 is 0 Å². The number of para-hydroxylation sites is 2. The van der Waals surface area contributed by atoms with E-state index in [-0.39, 0.29) is 0 Å². The molecule has 2 aromatic heterocycles. The summed E-state index contributed by atoms with van der Waals surface area (Å²) in [5, 5.41) is 7.82. The summed E-state index contributed by atoms with van der Waals surface area (Å²) in [5.74, 6) is 0.847. The van der Waals surface area contributed by atoms with E-state index < -0.39 is 0 Å². The maximum absolute atomic E-state index is 4.60. The van der Waals surface area contributed by atoms with Crippen LogP contribution < -0.4 is 0 Å². The van der Waals surface area contributed by atoms with Gasteiger partial charge < -0.3 is 4.98 Å². The minimum atomic E-state index is 0.847. The summed E-state index contributed by atoms with van der Waals surface area (Å²) in [6.45, 7) is 0. The lowest BCUT2D eigenvalue weighted by Crippen LogP contribution is -1.81. The van der Waals surface area contributed by atoms with Crippen molar-refractivity contribution in [2.45, 2.75) is 0 Å². The molecule has 2 N–H and O–H groups in total. The Balaban J connectivity index is 2.04. The summed E-state index contributed by atoms with van der Waals surface area (Å²) >= 11 is 0. The number of aromatic amines is 2. The van der Waals surface area contributed by atoms with Crippen molar-refractivity contribution in [1.29, 1.82) is 0 Å². The van der Waals surface area contributed by atoms with Crippen molar-refractivity contribution < 1.29 is 0 Å². The van der Waals surface area contributed by atoms with Crippen molar-refractivity contribution in [2.75, 3.05) is 0 Å². The second kappa shape index (κ2) is 3.43. The lowest BCUT2D eigenvalue weighted by molar-refractivity contribution is 1.11. The number of nitrogens with one attached hydrogen (secondary N) is 2. The first-order valence-corrected chi connectivity index (χ1v) is 5.72. The lowest BCUT2D eigenvalue weighted by atomic mass is 10.1. The van der Waals surface area contributed by atoms with Crippen LogP contribution in [0.4, 0.5) is 0 Å². The highest BCUT2D eigenvalue weighted by Crippen LogP contribution is 2.26. The second-order valence-electron chi connectivity index (χ2n) is 4.17. The highest BCUT2D eigenvalue weighted by molar-refractivity contribution is 5.93. The van der Waals surface area contributed by atoms with E-state index in [0.717, 1.165) is 33.3 Å². The first-order chi connectivity index (χ1) is 8.92. The molecule has 0 unspecified atom stereocenters. The Morgan fingerprint density at radius 1 is 0.944 bits per heavy atom. The minimum Gasteiger partial charge on any atom is -0.338 e. The molecule has 0 aliphatic carbocycles. The van der Waals surface area contributed by atoms with E-state index in [4.69, 9.17) is 0 Å². The fourth-order valence-corrected chi connectivity index (χ4v) is 2.19. The van der Waals surface area contributed by atoms with Crippen molar-refractivity contribution in [2.24, 2.45) is 0 Å². The monoisotopic (exact) mass is 233 g/mol. The third kappa shape index (κ3) is 1.26. The number of H-pyrrole nitrogens is 2. The van der Waals surface area contributed by atoms with Gasteiger partial charge in [0.15, 0.2) is 0 Å².